The molecule has 6 nitrogen and oxygen atoms in total. The highest BCUT2D eigenvalue weighted by Gasteiger charge is 2.11. The lowest BCUT2D eigenvalue weighted by Crippen LogP contribution is -2.21. The molecule has 140 valence electrons. The third kappa shape index (κ3) is 5.02. The predicted octanol–water partition coefficient (Wildman–Crippen LogP) is 3.43. The lowest BCUT2D eigenvalue weighted by Gasteiger charge is -2.09. The van der Waals surface area contributed by atoms with Gasteiger partial charge in [0.2, 0.25) is 15.9 Å². The van der Waals surface area contributed by atoms with Gasteiger partial charge in [-0.15, -0.1) is 0 Å². The van der Waals surface area contributed by atoms with Crippen molar-refractivity contribution in [2.45, 2.75) is 6.54 Å². The number of nitrogens with one attached hydrogen (secondary N) is 1. The minimum absolute atomic E-state index is 0.137. The average Bonchev–Trinajstić information content (AvgIpc) is 2.62. The van der Waals surface area contributed by atoms with Gasteiger partial charge in [0.05, 0.1) is 11.9 Å². The van der Waals surface area contributed by atoms with Gasteiger partial charge in [0, 0.05) is 18.2 Å². The van der Waals surface area contributed by atoms with Crippen molar-refractivity contribution in [3.8, 4) is 28.6 Å². The molecule has 0 radical (unpaired) electrons. The second-order valence-electron chi connectivity index (χ2n) is 5.84. The first-order chi connectivity index (χ1) is 12.8. The maximum absolute atomic E-state index is 14.1. The molecule has 0 saturated heterocycles. The Kier molecular flexibility index (Phi) is 5.38. The van der Waals surface area contributed by atoms with Crippen LogP contribution in [0.15, 0.2) is 60.7 Å². The maximum Gasteiger partial charge on any atom is 0.219 e. The highest BCUT2D eigenvalue weighted by atomic mass is 32.2. The minimum atomic E-state index is -3.30. The zero-order chi connectivity index (χ0) is 19.4. The van der Waals surface area contributed by atoms with Gasteiger partial charge in [-0.05, 0) is 35.9 Å². The van der Waals surface area contributed by atoms with Gasteiger partial charge in [-0.25, -0.2) is 22.5 Å². The number of phenolic OH excluding ortho intramolecular Hbond substituents is 1. The number of aromatic nitrogens is 1. The summed E-state index contributed by atoms with van der Waals surface area (Å²) >= 11 is 0. The second-order valence-corrected chi connectivity index (χ2v) is 7.68. The Hall–Kier alpha value is -2.97. The molecule has 0 spiro atoms. The molecular weight excluding hydrogens is 371 g/mol. The Morgan fingerprint density at radius 2 is 1.85 bits per heavy atom. The van der Waals surface area contributed by atoms with Gasteiger partial charge in [0.1, 0.15) is 5.75 Å². The van der Waals surface area contributed by atoms with Crippen LogP contribution in [0.2, 0.25) is 0 Å². The van der Waals surface area contributed by atoms with Crippen molar-refractivity contribution >= 4 is 10.0 Å². The Bertz CT molecular complexity index is 1070. The van der Waals surface area contributed by atoms with E-state index in [1.54, 1.807) is 42.5 Å². The van der Waals surface area contributed by atoms with Gasteiger partial charge >= 0.3 is 0 Å². The molecule has 2 aromatic carbocycles. The third-order valence-corrected chi connectivity index (χ3v) is 4.31. The number of ether oxygens (including phenoxy) is 1. The summed E-state index contributed by atoms with van der Waals surface area (Å²) in [7, 11) is -3.30. The first kappa shape index (κ1) is 18.8. The number of phenols is 1. The van der Waals surface area contributed by atoms with Crippen LogP contribution in [0.4, 0.5) is 4.39 Å². The molecule has 0 atom stereocenters. The lowest BCUT2D eigenvalue weighted by atomic mass is 10.1. The summed E-state index contributed by atoms with van der Waals surface area (Å²) in [6.07, 6.45) is 1.09. The van der Waals surface area contributed by atoms with E-state index in [4.69, 9.17) is 4.74 Å². The quantitative estimate of drug-likeness (QED) is 0.675. The van der Waals surface area contributed by atoms with E-state index < -0.39 is 21.6 Å². The molecule has 0 aliphatic rings. The molecule has 1 heterocycles. The SMILES string of the molecule is CS(=O)(=O)NCc1cccc(Oc2cccc(-c3cccc(O)c3F)n2)c1. The highest BCUT2D eigenvalue weighted by Crippen LogP contribution is 2.29. The summed E-state index contributed by atoms with van der Waals surface area (Å²) in [6.45, 7) is 0.137. The number of benzene rings is 2. The van der Waals surface area contributed by atoms with Crippen LogP contribution in [-0.2, 0) is 16.6 Å². The molecule has 0 fully saturated rings. The fourth-order valence-electron chi connectivity index (χ4n) is 2.39. The Balaban J connectivity index is 1.82. The maximum atomic E-state index is 14.1. The molecule has 0 saturated carbocycles. The Morgan fingerprint density at radius 1 is 1.11 bits per heavy atom. The standard InChI is InChI=1S/C19H17FN2O4S/c1-27(24,25)21-12-13-5-2-6-14(11-13)26-18-10-4-8-16(22-18)15-7-3-9-17(23)19(15)20/h2-11,21,23H,12H2,1H3. The molecule has 8 heteroatoms. The zero-order valence-electron chi connectivity index (χ0n) is 14.4. The number of aromatic hydroxyl groups is 1. The molecule has 2 N–H and O–H groups in total. The van der Waals surface area contributed by atoms with Crippen LogP contribution in [-0.4, -0.2) is 24.8 Å². The highest BCUT2D eigenvalue weighted by molar-refractivity contribution is 7.88. The number of halogens is 1. The van der Waals surface area contributed by atoms with E-state index >= 15 is 0 Å². The smallest absolute Gasteiger partial charge is 0.219 e. The van der Waals surface area contributed by atoms with Crippen LogP contribution >= 0.6 is 0 Å². The number of sulfonamides is 1. The molecule has 0 bridgehead atoms. The van der Waals surface area contributed by atoms with Crippen LogP contribution in [0.1, 0.15) is 5.56 Å². The molecule has 1 aromatic heterocycles. The van der Waals surface area contributed by atoms with Crippen LogP contribution in [0.5, 0.6) is 17.4 Å². The first-order valence-electron chi connectivity index (χ1n) is 7.98. The van der Waals surface area contributed by atoms with Gasteiger partial charge in [-0.1, -0.05) is 24.3 Å². The lowest BCUT2D eigenvalue weighted by molar-refractivity contribution is 0.433. The molecule has 0 aliphatic carbocycles. The summed E-state index contributed by atoms with van der Waals surface area (Å²) in [5, 5.41) is 9.52. The second kappa shape index (κ2) is 7.73. The molecule has 27 heavy (non-hydrogen) atoms. The summed E-state index contributed by atoms with van der Waals surface area (Å²) in [6, 6.07) is 16.1. The summed E-state index contributed by atoms with van der Waals surface area (Å²) in [5.41, 5.74) is 1.19. The molecule has 3 rings (SSSR count). The van der Waals surface area contributed by atoms with Gasteiger partial charge < -0.3 is 9.84 Å². The largest absolute Gasteiger partial charge is 0.505 e. The van der Waals surface area contributed by atoms with Crippen molar-refractivity contribution in [1.82, 2.24) is 9.71 Å². The first-order valence-corrected chi connectivity index (χ1v) is 9.87. The van der Waals surface area contributed by atoms with Crippen molar-refractivity contribution in [1.29, 1.82) is 0 Å². The minimum Gasteiger partial charge on any atom is -0.505 e. The van der Waals surface area contributed by atoms with Crippen molar-refractivity contribution in [3.63, 3.8) is 0 Å². The van der Waals surface area contributed by atoms with E-state index in [1.165, 1.54) is 18.2 Å². The van der Waals surface area contributed by atoms with Gasteiger partial charge in [-0.3, -0.25) is 0 Å². The number of rotatable bonds is 6. The number of pyridine rings is 1. The fraction of sp³-hybridized carbons (Fsp3) is 0.105. The van der Waals surface area contributed by atoms with Crippen LogP contribution in [0.25, 0.3) is 11.3 Å². The van der Waals surface area contributed by atoms with E-state index in [-0.39, 0.29) is 18.0 Å². The Labute approximate surface area is 156 Å². The molecule has 0 aliphatic heterocycles. The molecular formula is C19H17FN2O4S. The summed E-state index contributed by atoms with van der Waals surface area (Å²) in [5.74, 6) is -0.505. The topological polar surface area (TPSA) is 88.5 Å². The van der Waals surface area contributed by atoms with E-state index in [1.807, 2.05) is 0 Å². The van der Waals surface area contributed by atoms with Gasteiger partial charge in [-0.2, -0.15) is 0 Å². The third-order valence-electron chi connectivity index (χ3n) is 3.64. The van der Waals surface area contributed by atoms with Crippen LogP contribution in [0.3, 0.4) is 0 Å². The van der Waals surface area contributed by atoms with Gasteiger partial charge in [0.15, 0.2) is 11.6 Å². The predicted molar refractivity (Wildman–Crippen MR) is 99.5 cm³/mol. The fourth-order valence-corrected chi connectivity index (χ4v) is 2.82. The Morgan fingerprint density at radius 3 is 2.63 bits per heavy atom. The summed E-state index contributed by atoms with van der Waals surface area (Å²) in [4.78, 5) is 4.27. The van der Waals surface area contributed by atoms with Crippen molar-refractivity contribution in [3.05, 3.63) is 72.0 Å². The van der Waals surface area contributed by atoms with E-state index in [0.717, 1.165) is 6.26 Å². The van der Waals surface area contributed by atoms with Crippen molar-refractivity contribution in [2.75, 3.05) is 6.26 Å². The van der Waals surface area contributed by atoms with E-state index in [2.05, 4.69) is 9.71 Å². The number of hydrogen-bond donors (Lipinski definition) is 2. The van der Waals surface area contributed by atoms with Crippen LogP contribution < -0.4 is 9.46 Å². The normalized spacial score (nSPS) is 11.3. The van der Waals surface area contributed by atoms with E-state index in [9.17, 15) is 17.9 Å². The monoisotopic (exact) mass is 388 g/mol. The zero-order valence-corrected chi connectivity index (χ0v) is 15.2. The number of nitrogens with zero attached hydrogens (tertiary/aromatic N) is 1. The molecule has 3 aromatic rings. The average molecular weight is 388 g/mol. The van der Waals surface area contributed by atoms with Crippen LogP contribution in [0, 0.1) is 5.82 Å². The number of hydrogen-bond acceptors (Lipinski definition) is 5. The summed E-state index contributed by atoms with van der Waals surface area (Å²) < 4.78 is 44.6. The molecule has 0 unspecified atom stereocenters. The molecule has 0 amide bonds. The van der Waals surface area contributed by atoms with Crippen molar-refractivity contribution < 1.29 is 22.7 Å². The van der Waals surface area contributed by atoms with Gasteiger partial charge in [0.25, 0.3) is 0 Å². The van der Waals surface area contributed by atoms with Crippen molar-refractivity contribution in [2.24, 2.45) is 0 Å². The van der Waals surface area contributed by atoms with E-state index in [0.29, 0.717) is 17.0 Å².